The van der Waals surface area contributed by atoms with Gasteiger partial charge < -0.3 is 20.4 Å². The number of carboxylic acid groups (broad SMARTS) is 1. The van der Waals surface area contributed by atoms with E-state index in [1.165, 1.54) is 5.57 Å². The SMILES string of the molecule is C#C[C@@]1(O)CCC2C3CCC4=C/C(=N/OCC(=O)NC(CC(C)C)C(=O)O)CC[C@]4(C)C3CC[C@@]21C. The molecule has 0 aromatic rings. The molecule has 3 N–H and O–H groups in total. The summed E-state index contributed by atoms with van der Waals surface area (Å²) in [5, 5.41) is 27.2. The Hall–Kier alpha value is -2.33. The standard InChI is InChI=1S/C29H42N2O5/c1-6-29(35)14-11-23-21-8-7-19-16-20(9-12-27(19,4)22(21)10-13-28(23,29)5)31-36-17-25(32)30-24(26(33)34)15-18(2)3/h1,16,18,21-24,35H,7-15,17H2,2-5H3,(H,30,32)(H,33,34)/b31-20+/t21?,22?,23?,24?,27-,28-,29+/m0/s1. The summed E-state index contributed by atoms with van der Waals surface area (Å²) >= 11 is 0. The summed E-state index contributed by atoms with van der Waals surface area (Å²) < 4.78 is 0. The van der Waals surface area contributed by atoms with Gasteiger partial charge >= 0.3 is 5.97 Å². The second-order valence-corrected chi connectivity index (χ2v) is 12.4. The Morgan fingerprint density at radius 3 is 2.58 bits per heavy atom. The molecule has 0 aromatic carbocycles. The van der Waals surface area contributed by atoms with E-state index in [-0.39, 0.29) is 23.4 Å². The molecule has 0 spiro atoms. The van der Waals surface area contributed by atoms with Gasteiger partial charge in [0.25, 0.3) is 5.91 Å². The summed E-state index contributed by atoms with van der Waals surface area (Å²) in [6.07, 6.45) is 16.0. The van der Waals surface area contributed by atoms with E-state index in [1.807, 2.05) is 13.8 Å². The van der Waals surface area contributed by atoms with Crippen molar-refractivity contribution in [3.8, 4) is 12.3 Å². The molecule has 1 amide bonds. The third-order valence-electron chi connectivity index (χ3n) is 10.1. The topological polar surface area (TPSA) is 108 Å². The van der Waals surface area contributed by atoms with Crippen molar-refractivity contribution in [3.63, 3.8) is 0 Å². The molecule has 0 aromatic heterocycles. The van der Waals surface area contributed by atoms with E-state index in [0.717, 1.165) is 50.7 Å². The first-order valence-electron chi connectivity index (χ1n) is 13.6. The average molecular weight is 499 g/mol. The molecule has 3 fully saturated rings. The summed E-state index contributed by atoms with van der Waals surface area (Å²) in [4.78, 5) is 28.9. The zero-order valence-electron chi connectivity index (χ0n) is 22.2. The molecule has 7 heteroatoms. The first-order chi connectivity index (χ1) is 16.9. The molecule has 4 rings (SSSR count). The molecule has 4 unspecified atom stereocenters. The van der Waals surface area contributed by atoms with Gasteiger partial charge in [-0.2, -0.15) is 0 Å². The molecule has 7 atom stereocenters. The van der Waals surface area contributed by atoms with Crippen LogP contribution in [0.3, 0.4) is 0 Å². The van der Waals surface area contributed by atoms with Crippen LogP contribution in [0.25, 0.3) is 0 Å². The Kier molecular flexibility index (Phi) is 7.31. The number of terminal acetylenes is 1. The maximum atomic E-state index is 12.2. The van der Waals surface area contributed by atoms with Gasteiger partial charge in [0.05, 0.1) is 5.71 Å². The molecule has 0 heterocycles. The fraction of sp³-hybridized carbons (Fsp3) is 0.759. The largest absolute Gasteiger partial charge is 0.480 e. The Bertz CT molecular complexity index is 996. The second kappa shape index (κ2) is 9.85. The first kappa shape index (κ1) is 26.7. The van der Waals surface area contributed by atoms with Crippen LogP contribution in [0.4, 0.5) is 0 Å². The van der Waals surface area contributed by atoms with Crippen molar-refractivity contribution in [3.05, 3.63) is 11.6 Å². The summed E-state index contributed by atoms with van der Waals surface area (Å²) in [6, 6.07) is -0.921. The lowest BCUT2D eigenvalue weighted by molar-refractivity contribution is -0.143. The molecular formula is C29H42N2O5. The van der Waals surface area contributed by atoms with E-state index in [9.17, 15) is 19.8 Å². The number of hydrogen-bond donors (Lipinski definition) is 3. The van der Waals surface area contributed by atoms with Crippen LogP contribution in [0.15, 0.2) is 16.8 Å². The van der Waals surface area contributed by atoms with Crippen LogP contribution in [0, 0.1) is 46.8 Å². The quantitative estimate of drug-likeness (QED) is 0.358. The van der Waals surface area contributed by atoms with E-state index < -0.39 is 23.5 Å². The maximum Gasteiger partial charge on any atom is 0.326 e. The van der Waals surface area contributed by atoms with Crippen molar-refractivity contribution in [1.82, 2.24) is 5.32 Å². The molecule has 3 saturated carbocycles. The third-order valence-corrected chi connectivity index (χ3v) is 10.1. The van der Waals surface area contributed by atoms with Gasteiger partial charge in [0.15, 0.2) is 6.61 Å². The highest BCUT2D eigenvalue weighted by molar-refractivity contribution is 5.96. The average Bonchev–Trinajstić information content (AvgIpc) is 3.09. The summed E-state index contributed by atoms with van der Waals surface area (Å²) in [5.41, 5.74) is 1.20. The van der Waals surface area contributed by atoms with Crippen LogP contribution >= 0.6 is 0 Å². The summed E-state index contributed by atoms with van der Waals surface area (Å²) in [6.45, 7) is 8.15. The van der Waals surface area contributed by atoms with Gasteiger partial charge in [-0.15, -0.1) is 6.42 Å². The zero-order chi connectivity index (χ0) is 26.3. The first-order valence-corrected chi connectivity index (χ1v) is 13.6. The molecule has 7 nitrogen and oxygen atoms in total. The monoisotopic (exact) mass is 498 g/mol. The zero-order valence-corrected chi connectivity index (χ0v) is 22.2. The van der Waals surface area contributed by atoms with Crippen LogP contribution in [-0.2, 0) is 14.4 Å². The van der Waals surface area contributed by atoms with Crippen molar-refractivity contribution in [1.29, 1.82) is 0 Å². The van der Waals surface area contributed by atoms with Gasteiger partial charge in [-0.1, -0.05) is 44.3 Å². The minimum absolute atomic E-state index is 0.114. The highest BCUT2D eigenvalue weighted by Crippen LogP contribution is 2.67. The lowest BCUT2D eigenvalue weighted by atomic mass is 9.46. The van der Waals surface area contributed by atoms with Gasteiger partial charge in [0.2, 0.25) is 0 Å². The van der Waals surface area contributed by atoms with E-state index in [4.69, 9.17) is 11.3 Å². The number of rotatable bonds is 7. The van der Waals surface area contributed by atoms with Crippen molar-refractivity contribution < 1.29 is 24.6 Å². The van der Waals surface area contributed by atoms with Gasteiger partial charge in [0.1, 0.15) is 11.6 Å². The van der Waals surface area contributed by atoms with Gasteiger partial charge in [0, 0.05) is 5.41 Å². The van der Waals surface area contributed by atoms with Crippen molar-refractivity contribution in [2.24, 2.45) is 39.7 Å². The minimum atomic E-state index is -1.04. The molecular weight excluding hydrogens is 456 g/mol. The summed E-state index contributed by atoms with van der Waals surface area (Å²) in [7, 11) is 0. The minimum Gasteiger partial charge on any atom is -0.480 e. The Labute approximate surface area is 215 Å². The number of nitrogens with zero attached hydrogens (tertiary/aromatic N) is 1. The molecule has 36 heavy (non-hydrogen) atoms. The highest BCUT2D eigenvalue weighted by Gasteiger charge is 2.63. The Morgan fingerprint density at radius 2 is 1.92 bits per heavy atom. The molecule has 198 valence electrons. The van der Waals surface area contributed by atoms with Crippen LogP contribution in [0.1, 0.15) is 85.5 Å². The number of carbonyl (C=O) groups excluding carboxylic acids is 1. The van der Waals surface area contributed by atoms with Gasteiger partial charge in [-0.05, 0) is 93.0 Å². The number of carbonyl (C=O) groups is 2. The smallest absolute Gasteiger partial charge is 0.326 e. The number of allylic oxidation sites excluding steroid dienone is 2. The summed E-state index contributed by atoms with van der Waals surface area (Å²) in [5.74, 6) is 3.03. The van der Waals surface area contributed by atoms with Gasteiger partial charge in [-0.3, -0.25) is 4.79 Å². The second-order valence-electron chi connectivity index (χ2n) is 12.4. The number of aliphatic hydroxyl groups is 1. The third kappa shape index (κ3) is 4.58. The maximum absolute atomic E-state index is 12.2. The molecule has 0 aliphatic heterocycles. The van der Waals surface area contributed by atoms with Crippen LogP contribution in [-0.4, -0.2) is 46.1 Å². The number of oxime groups is 1. The Morgan fingerprint density at radius 1 is 1.19 bits per heavy atom. The normalized spacial score (nSPS) is 39.3. The molecule has 4 aliphatic carbocycles. The van der Waals surface area contributed by atoms with Crippen molar-refractivity contribution >= 4 is 17.6 Å². The van der Waals surface area contributed by atoms with Crippen LogP contribution in [0.5, 0.6) is 0 Å². The van der Waals surface area contributed by atoms with E-state index in [0.29, 0.717) is 30.6 Å². The number of fused-ring (bicyclic) bond motifs is 5. The number of hydrogen-bond acceptors (Lipinski definition) is 5. The lowest BCUT2D eigenvalue weighted by Gasteiger charge is -2.58. The predicted molar refractivity (Wildman–Crippen MR) is 138 cm³/mol. The predicted octanol–water partition coefficient (Wildman–Crippen LogP) is 4.30. The number of nitrogens with one attached hydrogen (secondary N) is 1. The molecule has 0 bridgehead atoms. The van der Waals surface area contributed by atoms with Crippen LogP contribution in [0.2, 0.25) is 0 Å². The van der Waals surface area contributed by atoms with E-state index in [2.05, 4.69) is 36.3 Å². The highest BCUT2D eigenvalue weighted by atomic mass is 16.6. The lowest BCUT2D eigenvalue weighted by Crippen LogP contribution is -2.54. The number of aliphatic carboxylic acids is 1. The fourth-order valence-corrected chi connectivity index (χ4v) is 8.00. The Balaban J connectivity index is 1.39. The molecule has 0 saturated heterocycles. The van der Waals surface area contributed by atoms with Gasteiger partial charge in [-0.25, -0.2) is 4.79 Å². The van der Waals surface area contributed by atoms with Crippen molar-refractivity contribution in [2.45, 2.75) is 97.1 Å². The fourth-order valence-electron chi connectivity index (χ4n) is 8.00. The number of amides is 1. The van der Waals surface area contributed by atoms with Crippen LogP contribution < -0.4 is 5.32 Å². The molecule has 4 aliphatic rings. The van der Waals surface area contributed by atoms with E-state index >= 15 is 0 Å². The van der Waals surface area contributed by atoms with Crippen molar-refractivity contribution in [2.75, 3.05) is 6.61 Å². The molecule has 0 radical (unpaired) electrons. The number of carboxylic acids is 1. The van der Waals surface area contributed by atoms with E-state index in [1.54, 1.807) is 0 Å².